The molecule has 3 heteroatoms. The molecule has 0 saturated carbocycles. The number of nitrogens with two attached hydrogens (primary N) is 1. The molecular formula is C15H23FN2. The quantitative estimate of drug-likeness (QED) is 0.827. The van der Waals surface area contributed by atoms with E-state index in [2.05, 4.69) is 6.58 Å². The molecule has 100 valence electrons. The third-order valence-electron chi connectivity index (χ3n) is 2.90. The van der Waals surface area contributed by atoms with Gasteiger partial charge < -0.3 is 10.6 Å². The van der Waals surface area contributed by atoms with Crippen molar-refractivity contribution in [3.63, 3.8) is 0 Å². The van der Waals surface area contributed by atoms with Gasteiger partial charge >= 0.3 is 0 Å². The average Bonchev–Trinajstić information content (AvgIpc) is 2.24. The Balaban J connectivity index is 3.39. The molecule has 0 aliphatic rings. The first-order valence-corrected chi connectivity index (χ1v) is 6.21. The number of para-hydroxylation sites is 1. The van der Waals surface area contributed by atoms with E-state index in [0.29, 0.717) is 12.2 Å². The minimum Gasteiger partial charge on any atom is -0.360 e. The molecule has 0 amide bonds. The van der Waals surface area contributed by atoms with Crippen LogP contribution in [0.25, 0.3) is 0 Å². The van der Waals surface area contributed by atoms with Gasteiger partial charge in [-0.3, -0.25) is 0 Å². The van der Waals surface area contributed by atoms with Crippen LogP contribution in [0.2, 0.25) is 0 Å². The highest BCUT2D eigenvalue weighted by Gasteiger charge is 2.26. The summed E-state index contributed by atoms with van der Waals surface area (Å²) < 4.78 is 14.2. The second-order valence-electron chi connectivity index (χ2n) is 5.54. The largest absolute Gasteiger partial charge is 0.360 e. The molecule has 0 unspecified atom stereocenters. The molecule has 0 aliphatic carbocycles. The standard InChI is InChI=1S/C15H23FN2/c1-6-10-18(15(3,4)5)14-12(11(2)17)8-7-9-13(14)16/h6-9,11H,1,10,17H2,2-5H3/t11-/m0/s1. The molecule has 0 saturated heterocycles. The summed E-state index contributed by atoms with van der Waals surface area (Å²) in [7, 11) is 0. The molecule has 0 aliphatic heterocycles. The fourth-order valence-corrected chi connectivity index (χ4v) is 2.01. The van der Waals surface area contributed by atoms with E-state index >= 15 is 0 Å². The predicted octanol–water partition coefficient (Wildman–Crippen LogP) is 3.64. The number of anilines is 1. The van der Waals surface area contributed by atoms with E-state index in [0.717, 1.165) is 5.56 Å². The van der Waals surface area contributed by atoms with Gasteiger partial charge in [0.2, 0.25) is 0 Å². The molecule has 18 heavy (non-hydrogen) atoms. The molecule has 0 fully saturated rings. The third kappa shape index (κ3) is 3.10. The van der Waals surface area contributed by atoms with Crippen molar-refractivity contribution in [2.24, 2.45) is 5.73 Å². The number of hydrogen-bond donors (Lipinski definition) is 1. The molecule has 0 heterocycles. The molecule has 0 radical (unpaired) electrons. The molecule has 1 rings (SSSR count). The lowest BCUT2D eigenvalue weighted by atomic mass is 9.99. The van der Waals surface area contributed by atoms with Crippen LogP contribution in [0.4, 0.5) is 10.1 Å². The van der Waals surface area contributed by atoms with Crippen LogP contribution in [0.5, 0.6) is 0 Å². The zero-order chi connectivity index (χ0) is 13.9. The summed E-state index contributed by atoms with van der Waals surface area (Å²) in [6.45, 7) is 12.4. The normalized spacial score (nSPS) is 13.2. The van der Waals surface area contributed by atoms with Crippen LogP contribution in [0.1, 0.15) is 39.3 Å². The average molecular weight is 250 g/mol. The van der Waals surface area contributed by atoms with Gasteiger partial charge in [0, 0.05) is 18.1 Å². The first-order chi connectivity index (χ1) is 8.29. The molecule has 1 atom stereocenters. The number of halogens is 1. The number of rotatable bonds is 4. The maximum atomic E-state index is 14.2. The fraction of sp³-hybridized carbons (Fsp3) is 0.467. The number of nitrogens with zero attached hydrogens (tertiary/aromatic N) is 1. The van der Waals surface area contributed by atoms with E-state index < -0.39 is 0 Å². The molecule has 2 nitrogen and oxygen atoms in total. The smallest absolute Gasteiger partial charge is 0.146 e. The number of benzene rings is 1. The zero-order valence-electron chi connectivity index (χ0n) is 11.7. The van der Waals surface area contributed by atoms with Crippen molar-refractivity contribution in [2.45, 2.75) is 39.3 Å². The SMILES string of the molecule is C=CCN(c1c(F)cccc1[C@H](C)N)C(C)(C)C. The van der Waals surface area contributed by atoms with Gasteiger partial charge in [-0.1, -0.05) is 18.2 Å². The minimum atomic E-state index is -0.235. The summed E-state index contributed by atoms with van der Waals surface area (Å²) in [5, 5.41) is 0. The van der Waals surface area contributed by atoms with E-state index in [1.54, 1.807) is 12.1 Å². The van der Waals surface area contributed by atoms with Gasteiger partial charge in [-0.2, -0.15) is 0 Å². The second-order valence-corrected chi connectivity index (χ2v) is 5.54. The third-order valence-corrected chi connectivity index (χ3v) is 2.90. The molecule has 1 aromatic rings. The second kappa shape index (κ2) is 5.53. The summed E-state index contributed by atoms with van der Waals surface area (Å²) in [6, 6.07) is 4.85. The Morgan fingerprint density at radius 3 is 2.50 bits per heavy atom. The summed E-state index contributed by atoms with van der Waals surface area (Å²) in [5.41, 5.74) is 7.16. The Bertz CT molecular complexity index is 419. The van der Waals surface area contributed by atoms with Gasteiger partial charge in [0.25, 0.3) is 0 Å². The first kappa shape index (κ1) is 14.7. The van der Waals surface area contributed by atoms with Crippen LogP contribution >= 0.6 is 0 Å². The molecule has 2 N–H and O–H groups in total. The van der Waals surface area contributed by atoms with E-state index in [1.807, 2.05) is 38.7 Å². The van der Waals surface area contributed by atoms with Gasteiger partial charge in [-0.15, -0.1) is 6.58 Å². The highest BCUT2D eigenvalue weighted by molar-refractivity contribution is 5.58. The maximum Gasteiger partial charge on any atom is 0.146 e. The Hall–Kier alpha value is -1.35. The molecule has 0 bridgehead atoms. The lowest BCUT2D eigenvalue weighted by Gasteiger charge is -2.39. The van der Waals surface area contributed by atoms with Crippen molar-refractivity contribution < 1.29 is 4.39 Å². The predicted molar refractivity (Wildman–Crippen MR) is 76.3 cm³/mol. The maximum absolute atomic E-state index is 14.2. The highest BCUT2D eigenvalue weighted by Crippen LogP contribution is 2.32. The Morgan fingerprint density at radius 1 is 1.44 bits per heavy atom. The van der Waals surface area contributed by atoms with E-state index in [-0.39, 0.29) is 17.4 Å². The van der Waals surface area contributed by atoms with E-state index in [4.69, 9.17) is 5.73 Å². The van der Waals surface area contributed by atoms with Crippen molar-refractivity contribution >= 4 is 5.69 Å². The van der Waals surface area contributed by atoms with Crippen molar-refractivity contribution in [2.75, 3.05) is 11.4 Å². The lowest BCUT2D eigenvalue weighted by Crippen LogP contribution is -2.43. The van der Waals surface area contributed by atoms with Crippen LogP contribution in [0.3, 0.4) is 0 Å². The van der Waals surface area contributed by atoms with Crippen LogP contribution in [0, 0.1) is 5.82 Å². The Labute approximate surface area is 109 Å². The van der Waals surface area contributed by atoms with E-state index in [1.165, 1.54) is 6.07 Å². The van der Waals surface area contributed by atoms with Crippen molar-refractivity contribution in [3.05, 3.63) is 42.2 Å². The van der Waals surface area contributed by atoms with Crippen molar-refractivity contribution in [1.29, 1.82) is 0 Å². The van der Waals surface area contributed by atoms with Gasteiger partial charge in [0.15, 0.2) is 0 Å². The van der Waals surface area contributed by atoms with Gasteiger partial charge in [0.05, 0.1) is 5.69 Å². The lowest BCUT2D eigenvalue weighted by molar-refractivity contribution is 0.503. The highest BCUT2D eigenvalue weighted by atomic mass is 19.1. The van der Waals surface area contributed by atoms with Gasteiger partial charge in [-0.25, -0.2) is 4.39 Å². The first-order valence-electron chi connectivity index (χ1n) is 6.21. The molecule has 0 aromatic heterocycles. The number of hydrogen-bond acceptors (Lipinski definition) is 2. The van der Waals surface area contributed by atoms with Crippen LogP contribution < -0.4 is 10.6 Å². The minimum absolute atomic E-state index is 0.194. The van der Waals surface area contributed by atoms with Crippen molar-refractivity contribution in [1.82, 2.24) is 0 Å². The van der Waals surface area contributed by atoms with Crippen LogP contribution in [-0.2, 0) is 0 Å². The van der Waals surface area contributed by atoms with Crippen LogP contribution in [0.15, 0.2) is 30.9 Å². The van der Waals surface area contributed by atoms with E-state index in [9.17, 15) is 4.39 Å². The van der Waals surface area contributed by atoms with Gasteiger partial charge in [0.1, 0.15) is 5.82 Å². The van der Waals surface area contributed by atoms with Gasteiger partial charge in [-0.05, 0) is 39.3 Å². The summed E-state index contributed by atoms with van der Waals surface area (Å²) >= 11 is 0. The summed E-state index contributed by atoms with van der Waals surface area (Å²) in [6.07, 6.45) is 1.78. The summed E-state index contributed by atoms with van der Waals surface area (Å²) in [5.74, 6) is -0.235. The van der Waals surface area contributed by atoms with Crippen molar-refractivity contribution in [3.8, 4) is 0 Å². The Morgan fingerprint density at radius 2 is 2.06 bits per heavy atom. The topological polar surface area (TPSA) is 29.3 Å². The summed E-state index contributed by atoms with van der Waals surface area (Å²) in [4.78, 5) is 1.99. The van der Waals surface area contributed by atoms with Crippen LogP contribution in [-0.4, -0.2) is 12.1 Å². The zero-order valence-corrected chi connectivity index (χ0v) is 11.7. The Kier molecular flexibility index (Phi) is 4.52. The fourth-order valence-electron chi connectivity index (χ4n) is 2.01. The molecular weight excluding hydrogens is 227 g/mol. The monoisotopic (exact) mass is 250 g/mol. The molecule has 0 spiro atoms. The molecule has 1 aromatic carbocycles.